The van der Waals surface area contributed by atoms with Gasteiger partial charge in [0.25, 0.3) is 0 Å². The molecule has 1 unspecified atom stereocenters. The van der Waals surface area contributed by atoms with Crippen molar-refractivity contribution in [3.63, 3.8) is 0 Å². The number of hydrogen-bond acceptors (Lipinski definition) is 0. The van der Waals surface area contributed by atoms with E-state index >= 15 is 0 Å². The van der Waals surface area contributed by atoms with E-state index in [-0.39, 0.29) is 0 Å². The van der Waals surface area contributed by atoms with E-state index in [1.54, 1.807) is 0 Å². The molecule has 0 aromatic rings. The molecule has 0 rings (SSSR count). The van der Waals surface area contributed by atoms with Crippen molar-refractivity contribution >= 4 is 15.9 Å². The summed E-state index contributed by atoms with van der Waals surface area (Å²) in [4.78, 5) is 0. The maximum absolute atomic E-state index is 5.19. The van der Waals surface area contributed by atoms with Gasteiger partial charge in [0.05, 0.1) is 0 Å². The summed E-state index contributed by atoms with van der Waals surface area (Å²) in [5.74, 6) is 3.17. The molecule has 0 aliphatic carbocycles. The van der Waals surface area contributed by atoms with Crippen molar-refractivity contribution in [3.8, 4) is 12.3 Å². The highest BCUT2D eigenvalue weighted by atomic mass is 79.9. The second kappa shape index (κ2) is 6.16. The van der Waals surface area contributed by atoms with Crippen molar-refractivity contribution < 1.29 is 0 Å². The number of unbranched alkanes of at least 4 members (excludes halogenated alkanes) is 1. The average molecular weight is 189 g/mol. The first kappa shape index (κ1) is 9.04. The van der Waals surface area contributed by atoms with Gasteiger partial charge < -0.3 is 0 Å². The molecule has 0 saturated heterocycles. The maximum Gasteiger partial charge on any atom is 0.0171 e. The summed E-state index contributed by atoms with van der Waals surface area (Å²) in [6.07, 6.45) is 8.85. The van der Waals surface area contributed by atoms with Crippen molar-refractivity contribution in [2.45, 2.75) is 26.2 Å². The molecule has 0 spiro atoms. The van der Waals surface area contributed by atoms with E-state index in [1.807, 2.05) is 0 Å². The molecular weight excluding hydrogens is 176 g/mol. The van der Waals surface area contributed by atoms with Crippen LogP contribution in [0.5, 0.6) is 0 Å². The number of rotatable bonds is 4. The fourth-order valence-electron chi connectivity index (χ4n) is 0.628. The molecule has 0 aliphatic rings. The summed E-state index contributed by atoms with van der Waals surface area (Å²) in [7, 11) is 0. The quantitative estimate of drug-likeness (QED) is 0.362. The standard InChI is InChI=1S/C8H13Br/c1-3-8(2)6-4-5-7-9/h1,8H,4-7H2,2H3. The molecule has 52 valence electrons. The normalized spacial score (nSPS) is 12.6. The van der Waals surface area contributed by atoms with Gasteiger partial charge in [0.2, 0.25) is 0 Å². The highest BCUT2D eigenvalue weighted by Crippen LogP contribution is 2.06. The summed E-state index contributed by atoms with van der Waals surface area (Å²) in [6.45, 7) is 2.09. The monoisotopic (exact) mass is 188 g/mol. The lowest BCUT2D eigenvalue weighted by Crippen LogP contribution is -1.89. The Balaban J connectivity index is 2.99. The summed E-state index contributed by atoms with van der Waals surface area (Å²) in [5, 5.41) is 1.10. The predicted octanol–water partition coefficient (Wildman–Crippen LogP) is 2.82. The fraction of sp³-hybridized carbons (Fsp3) is 0.750. The van der Waals surface area contributed by atoms with Crippen molar-refractivity contribution in [1.29, 1.82) is 0 Å². The molecular formula is C8H13Br. The second-order valence-electron chi connectivity index (χ2n) is 2.25. The van der Waals surface area contributed by atoms with E-state index in [0.717, 1.165) is 5.33 Å². The minimum atomic E-state index is 0.462. The summed E-state index contributed by atoms with van der Waals surface area (Å²) in [6, 6.07) is 0. The van der Waals surface area contributed by atoms with Crippen LogP contribution >= 0.6 is 15.9 Å². The van der Waals surface area contributed by atoms with Crippen molar-refractivity contribution in [2.24, 2.45) is 5.92 Å². The van der Waals surface area contributed by atoms with Crippen LogP contribution in [0.1, 0.15) is 26.2 Å². The topological polar surface area (TPSA) is 0 Å². The minimum Gasteiger partial charge on any atom is -0.120 e. The van der Waals surface area contributed by atoms with Gasteiger partial charge in [0.15, 0.2) is 0 Å². The van der Waals surface area contributed by atoms with Gasteiger partial charge in [-0.2, -0.15) is 0 Å². The molecule has 0 fully saturated rings. The smallest absolute Gasteiger partial charge is 0.0171 e. The molecule has 0 saturated carbocycles. The van der Waals surface area contributed by atoms with E-state index in [0.29, 0.717) is 5.92 Å². The molecule has 1 atom stereocenters. The zero-order valence-electron chi connectivity index (χ0n) is 5.86. The Morgan fingerprint density at radius 1 is 1.56 bits per heavy atom. The third-order valence-corrected chi connectivity index (χ3v) is 1.87. The largest absolute Gasteiger partial charge is 0.120 e. The van der Waals surface area contributed by atoms with Gasteiger partial charge in [-0.05, 0) is 12.8 Å². The van der Waals surface area contributed by atoms with Gasteiger partial charge in [-0.25, -0.2) is 0 Å². The van der Waals surface area contributed by atoms with E-state index < -0.39 is 0 Å². The van der Waals surface area contributed by atoms with Crippen LogP contribution < -0.4 is 0 Å². The highest BCUT2D eigenvalue weighted by molar-refractivity contribution is 9.09. The van der Waals surface area contributed by atoms with Crippen LogP contribution in [0.2, 0.25) is 0 Å². The minimum absolute atomic E-state index is 0.462. The molecule has 0 aromatic heterocycles. The molecule has 1 heteroatoms. The Morgan fingerprint density at radius 3 is 2.67 bits per heavy atom. The van der Waals surface area contributed by atoms with Crippen LogP contribution in [0.3, 0.4) is 0 Å². The molecule has 0 aromatic carbocycles. The Bertz CT molecular complexity index is 91.2. The number of alkyl halides is 1. The lowest BCUT2D eigenvalue weighted by atomic mass is 10.1. The fourth-order valence-corrected chi connectivity index (χ4v) is 1.02. The van der Waals surface area contributed by atoms with Gasteiger partial charge in [-0.1, -0.05) is 29.3 Å². The summed E-state index contributed by atoms with van der Waals surface area (Å²) >= 11 is 3.37. The van der Waals surface area contributed by atoms with Crippen LogP contribution in [-0.4, -0.2) is 5.33 Å². The molecule has 0 radical (unpaired) electrons. The Labute approximate surface area is 66.2 Å². The van der Waals surface area contributed by atoms with Crippen molar-refractivity contribution in [2.75, 3.05) is 5.33 Å². The third-order valence-electron chi connectivity index (χ3n) is 1.31. The van der Waals surface area contributed by atoms with E-state index in [4.69, 9.17) is 6.42 Å². The molecule has 0 amide bonds. The van der Waals surface area contributed by atoms with Gasteiger partial charge >= 0.3 is 0 Å². The predicted molar refractivity (Wildman–Crippen MR) is 45.6 cm³/mol. The van der Waals surface area contributed by atoms with Gasteiger partial charge in [0.1, 0.15) is 0 Å². The lowest BCUT2D eigenvalue weighted by molar-refractivity contribution is 0.617. The van der Waals surface area contributed by atoms with Gasteiger partial charge in [-0.15, -0.1) is 12.3 Å². The number of halogens is 1. The first-order valence-electron chi connectivity index (χ1n) is 3.33. The Morgan fingerprint density at radius 2 is 2.22 bits per heavy atom. The van der Waals surface area contributed by atoms with Crippen LogP contribution in [0.4, 0.5) is 0 Å². The molecule has 0 N–H and O–H groups in total. The van der Waals surface area contributed by atoms with Crippen LogP contribution in [0, 0.1) is 18.3 Å². The van der Waals surface area contributed by atoms with E-state index in [2.05, 4.69) is 28.8 Å². The maximum atomic E-state index is 5.19. The summed E-state index contributed by atoms with van der Waals surface area (Å²) in [5.41, 5.74) is 0. The zero-order chi connectivity index (χ0) is 7.11. The Hall–Kier alpha value is 0.0400. The van der Waals surface area contributed by atoms with Crippen LogP contribution in [0.25, 0.3) is 0 Å². The third kappa shape index (κ3) is 5.92. The van der Waals surface area contributed by atoms with Crippen molar-refractivity contribution in [3.05, 3.63) is 0 Å². The first-order chi connectivity index (χ1) is 4.31. The Kier molecular flexibility index (Phi) is 6.19. The van der Waals surface area contributed by atoms with E-state index in [1.165, 1.54) is 19.3 Å². The number of hydrogen-bond donors (Lipinski definition) is 0. The highest BCUT2D eigenvalue weighted by Gasteiger charge is 1.94. The van der Waals surface area contributed by atoms with Gasteiger partial charge in [0, 0.05) is 11.2 Å². The molecule has 0 heterocycles. The van der Waals surface area contributed by atoms with Gasteiger partial charge in [-0.3, -0.25) is 0 Å². The van der Waals surface area contributed by atoms with Crippen molar-refractivity contribution in [1.82, 2.24) is 0 Å². The van der Waals surface area contributed by atoms with Crippen LogP contribution in [0.15, 0.2) is 0 Å². The zero-order valence-corrected chi connectivity index (χ0v) is 7.45. The molecule has 9 heavy (non-hydrogen) atoms. The lowest BCUT2D eigenvalue weighted by Gasteiger charge is -1.99. The SMILES string of the molecule is C#CC(C)CCCCBr. The number of terminal acetylenes is 1. The average Bonchev–Trinajstić information content (AvgIpc) is 1.89. The second-order valence-corrected chi connectivity index (χ2v) is 3.05. The first-order valence-corrected chi connectivity index (χ1v) is 4.45. The summed E-state index contributed by atoms with van der Waals surface area (Å²) < 4.78 is 0. The molecule has 0 nitrogen and oxygen atoms in total. The molecule has 0 bridgehead atoms. The van der Waals surface area contributed by atoms with E-state index in [9.17, 15) is 0 Å². The van der Waals surface area contributed by atoms with Crippen LogP contribution in [-0.2, 0) is 0 Å². The molecule has 0 aliphatic heterocycles.